The van der Waals surface area contributed by atoms with Gasteiger partial charge in [-0.05, 0) is 80.0 Å². The van der Waals surface area contributed by atoms with Gasteiger partial charge in [0.1, 0.15) is 0 Å². The van der Waals surface area contributed by atoms with E-state index in [4.69, 9.17) is 58.8 Å². The topological polar surface area (TPSA) is 120 Å². The molecule has 0 fully saturated rings. The molecule has 0 unspecified atom stereocenters. The highest BCUT2D eigenvalue weighted by molar-refractivity contribution is 7.99. The SMILES string of the molecule is CCOCC(COCCCSCCC[Si](OC)(OC)OC)(COCCCSCCC[Si](OC)(OC)OC)COCCCSCCC[Si](OC)(OC)OC. The van der Waals surface area contributed by atoms with Crippen LogP contribution in [0.4, 0.5) is 0 Å². The van der Waals surface area contributed by atoms with Gasteiger partial charge in [0.15, 0.2) is 0 Å². The van der Waals surface area contributed by atoms with Crippen molar-refractivity contribution in [1.29, 1.82) is 0 Å². The molecule has 0 amide bonds. The second-order valence-electron chi connectivity index (χ2n) is 12.4. The molecule has 13 nitrogen and oxygen atoms in total. The molecule has 0 heterocycles. The van der Waals surface area contributed by atoms with E-state index >= 15 is 0 Å². The van der Waals surface area contributed by atoms with Crippen LogP contribution < -0.4 is 0 Å². The summed E-state index contributed by atoms with van der Waals surface area (Å²) >= 11 is 5.77. The van der Waals surface area contributed by atoms with E-state index in [2.05, 4.69) is 0 Å². The van der Waals surface area contributed by atoms with Crippen LogP contribution in [0.3, 0.4) is 0 Å². The summed E-state index contributed by atoms with van der Waals surface area (Å²) in [5.41, 5.74) is -0.374. The zero-order valence-electron chi connectivity index (χ0n) is 34.8. The highest BCUT2D eigenvalue weighted by atomic mass is 32.2. The third-order valence-electron chi connectivity index (χ3n) is 8.68. The molecule has 53 heavy (non-hydrogen) atoms. The monoisotopic (exact) mass is 872 g/mol. The van der Waals surface area contributed by atoms with Gasteiger partial charge in [-0.1, -0.05) is 0 Å². The predicted octanol–water partition coefficient (Wildman–Crippen LogP) is 6.23. The molecule has 0 atom stereocenters. The van der Waals surface area contributed by atoms with Crippen LogP contribution in [0.5, 0.6) is 0 Å². The number of thioether (sulfide) groups is 3. The van der Waals surface area contributed by atoms with E-state index < -0.39 is 26.4 Å². The van der Waals surface area contributed by atoms with E-state index in [0.717, 1.165) is 91.2 Å². The van der Waals surface area contributed by atoms with Crippen molar-refractivity contribution >= 4 is 61.7 Å². The van der Waals surface area contributed by atoms with Crippen molar-refractivity contribution in [3.05, 3.63) is 0 Å². The molecule has 0 aliphatic carbocycles. The molecule has 0 aromatic carbocycles. The fourth-order valence-corrected chi connectivity index (χ4v) is 13.9. The van der Waals surface area contributed by atoms with Gasteiger partial charge in [-0.3, -0.25) is 0 Å². The van der Waals surface area contributed by atoms with Crippen LogP contribution in [-0.2, 0) is 58.8 Å². The van der Waals surface area contributed by atoms with Gasteiger partial charge in [-0.15, -0.1) is 0 Å². The summed E-state index contributed by atoms with van der Waals surface area (Å²) in [4.78, 5) is 0. The lowest BCUT2D eigenvalue weighted by molar-refractivity contribution is -0.105. The number of hydrogen-bond acceptors (Lipinski definition) is 16. The average molecular weight is 873 g/mol. The summed E-state index contributed by atoms with van der Waals surface area (Å²) in [6.07, 6.45) is 5.89. The first kappa shape index (κ1) is 54.2. The summed E-state index contributed by atoms with van der Waals surface area (Å²) in [6, 6.07) is 2.45. The Kier molecular flexibility index (Phi) is 35.9. The van der Waals surface area contributed by atoms with Crippen molar-refractivity contribution in [1.82, 2.24) is 0 Å². The summed E-state index contributed by atoms with van der Waals surface area (Å²) in [5, 5.41) is 0. The Hall–Kier alpha value is 1.18. The minimum Gasteiger partial charge on any atom is -0.381 e. The van der Waals surface area contributed by atoms with Crippen LogP contribution in [0.2, 0.25) is 18.1 Å². The fourth-order valence-electron chi connectivity index (χ4n) is 5.37. The number of rotatable bonds is 42. The Morgan fingerprint density at radius 1 is 0.358 bits per heavy atom. The Bertz CT molecular complexity index is 688. The summed E-state index contributed by atoms with van der Waals surface area (Å²) in [5.74, 6) is 6.17. The zero-order chi connectivity index (χ0) is 39.6. The molecule has 0 N–H and O–H groups in total. The van der Waals surface area contributed by atoms with Gasteiger partial charge in [0.05, 0.1) is 31.8 Å². The van der Waals surface area contributed by atoms with Crippen LogP contribution in [-0.4, -0.2) is 178 Å². The molecule has 0 bridgehead atoms. The van der Waals surface area contributed by atoms with Gasteiger partial charge in [0.25, 0.3) is 0 Å². The summed E-state index contributed by atoms with van der Waals surface area (Å²) < 4.78 is 74.7. The lowest BCUT2D eigenvalue weighted by Crippen LogP contribution is -2.42. The van der Waals surface area contributed by atoms with Crippen molar-refractivity contribution in [2.24, 2.45) is 5.41 Å². The maximum absolute atomic E-state index is 6.29. The number of ether oxygens (including phenoxy) is 4. The normalized spacial score (nSPS) is 13.0. The average Bonchev–Trinajstić information content (AvgIpc) is 3.20. The minimum absolute atomic E-state index is 0.374. The van der Waals surface area contributed by atoms with Crippen molar-refractivity contribution in [2.45, 2.75) is 63.6 Å². The number of hydrogen-bond donors (Lipinski definition) is 0. The molecule has 0 radical (unpaired) electrons. The highest BCUT2D eigenvalue weighted by Crippen LogP contribution is 2.23. The second-order valence-corrected chi connectivity index (χ2v) is 25.3. The molecule has 320 valence electrons. The molecule has 19 heteroatoms. The highest BCUT2D eigenvalue weighted by Gasteiger charge is 2.38. The van der Waals surface area contributed by atoms with Gasteiger partial charge in [-0.2, -0.15) is 35.3 Å². The van der Waals surface area contributed by atoms with Crippen LogP contribution in [0.25, 0.3) is 0 Å². The van der Waals surface area contributed by atoms with E-state index in [1.807, 2.05) is 42.2 Å². The van der Waals surface area contributed by atoms with Crippen LogP contribution in [0.1, 0.15) is 45.4 Å². The van der Waals surface area contributed by atoms with Crippen molar-refractivity contribution in [3.63, 3.8) is 0 Å². The molecule has 0 aromatic rings. The van der Waals surface area contributed by atoms with E-state index in [9.17, 15) is 0 Å². The lowest BCUT2D eigenvalue weighted by atomic mass is 9.92. The first-order valence-electron chi connectivity index (χ1n) is 18.7. The van der Waals surface area contributed by atoms with Gasteiger partial charge in [0.2, 0.25) is 0 Å². The van der Waals surface area contributed by atoms with E-state index in [0.29, 0.717) is 52.9 Å². The molecule has 0 saturated carbocycles. The largest absolute Gasteiger partial charge is 0.500 e. The Morgan fingerprint density at radius 3 is 0.849 bits per heavy atom. The lowest BCUT2D eigenvalue weighted by Gasteiger charge is -2.33. The predicted molar refractivity (Wildman–Crippen MR) is 226 cm³/mol. The molecule has 0 aromatic heterocycles. The Labute approximate surface area is 339 Å². The minimum atomic E-state index is -2.50. The van der Waals surface area contributed by atoms with Crippen molar-refractivity contribution in [2.75, 3.05) is 151 Å². The van der Waals surface area contributed by atoms with Gasteiger partial charge in [-0.25, -0.2) is 0 Å². The van der Waals surface area contributed by atoms with Crippen LogP contribution >= 0.6 is 35.3 Å². The Balaban J connectivity index is 4.84. The van der Waals surface area contributed by atoms with E-state index in [1.165, 1.54) is 0 Å². The Morgan fingerprint density at radius 2 is 0.604 bits per heavy atom. The summed E-state index contributed by atoms with van der Waals surface area (Å²) in [7, 11) is 7.47. The molecule has 0 saturated heterocycles. The van der Waals surface area contributed by atoms with E-state index in [-0.39, 0.29) is 5.41 Å². The van der Waals surface area contributed by atoms with Crippen molar-refractivity contribution < 1.29 is 58.8 Å². The first-order chi connectivity index (χ1) is 25.7. The quantitative estimate of drug-likeness (QED) is 0.0509. The standard InChI is InChI=1S/C34H76O13S3Si3/c1-11-44-30-34(31-45-18-12-21-48-24-15-27-51(35-2,36-3)37-4,32-46-19-13-22-49-25-16-28-52(38-5,39-6)40-7)33-47-20-14-23-50-26-17-29-53(41-8,42-9)43-10/h11-33H2,1-10H3. The maximum Gasteiger partial charge on any atom is 0.500 e. The molecular weight excluding hydrogens is 797 g/mol. The second kappa shape index (κ2) is 35.2. The molecule has 0 aliphatic rings. The third-order valence-corrected chi connectivity index (χ3v) is 20.6. The molecule has 0 spiro atoms. The molecule has 0 aliphatic heterocycles. The van der Waals surface area contributed by atoms with Gasteiger partial charge >= 0.3 is 26.4 Å². The fraction of sp³-hybridized carbons (Fsp3) is 1.00. The smallest absolute Gasteiger partial charge is 0.381 e. The maximum atomic E-state index is 6.29. The zero-order valence-corrected chi connectivity index (χ0v) is 40.2. The van der Waals surface area contributed by atoms with Gasteiger partial charge < -0.3 is 58.8 Å². The van der Waals surface area contributed by atoms with Crippen LogP contribution in [0.15, 0.2) is 0 Å². The van der Waals surface area contributed by atoms with Gasteiger partial charge in [0, 0.05) is 109 Å². The molecular formula is C34H76O13S3Si3. The molecule has 0 rings (SSSR count). The third kappa shape index (κ3) is 24.6. The van der Waals surface area contributed by atoms with E-state index in [1.54, 1.807) is 64.0 Å². The van der Waals surface area contributed by atoms with Crippen LogP contribution in [0, 0.1) is 5.41 Å². The van der Waals surface area contributed by atoms with Crippen molar-refractivity contribution in [3.8, 4) is 0 Å². The summed E-state index contributed by atoms with van der Waals surface area (Å²) in [6.45, 7) is 6.80. The first-order valence-corrected chi connectivity index (χ1v) is 28.0.